The van der Waals surface area contributed by atoms with Gasteiger partial charge in [-0.05, 0) is 29.6 Å². The summed E-state index contributed by atoms with van der Waals surface area (Å²) >= 11 is 1.57. The van der Waals surface area contributed by atoms with E-state index in [4.69, 9.17) is 5.11 Å². The number of carboxylic acids is 1. The third-order valence-electron chi connectivity index (χ3n) is 1.01. The lowest BCUT2D eigenvalue weighted by Gasteiger charge is -2.06. The van der Waals surface area contributed by atoms with Gasteiger partial charge in [0.05, 0.1) is 0 Å². The molecule has 0 rings (SSSR count). The largest absolute Gasteiger partial charge is 0.480 e. The van der Waals surface area contributed by atoms with Crippen molar-refractivity contribution in [1.82, 2.24) is 5.32 Å². The molecule has 0 aromatic heterocycles. The van der Waals surface area contributed by atoms with Crippen molar-refractivity contribution < 1.29 is 14.7 Å². The Bertz CT molecular complexity index is 148. The van der Waals surface area contributed by atoms with Crippen molar-refractivity contribution in [3.8, 4) is 0 Å². The molecule has 0 saturated heterocycles. The molecule has 0 aromatic rings. The van der Waals surface area contributed by atoms with E-state index in [1.807, 2.05) is 0 Å². The first-order chi connectivity index (χ1) is 4.57. The summed E-state index contributed by atoms with van der Waals surface area (Å²) in [5, 5.41) is 10.9. The van der Waals surface area contributed by atoms with Crippen molar-refractivity contribution in [3.05, 3.63) is 0 Å². The molecule has 1 unspecified atom stereocenters. The minimum Gasteiger partial charge on any atom is -0.480 e. The third-order valence-corrected chi connectivity index (χ3v) is 1.45. The maximum Gasteiger partial charge on any atom is 0.321 e. The highest BCUT2D eigenvalue weighted by atomic mass is 127. The highest BCUT2D eigenvalue weighted by Gasteiger charge is 2.16. The number of nitrogens with one attached hydrogen (secondary N) is 1. The first kappa shape index (κ1) is 9.83. The average Bonchev–Trinajstić information content (AvgIpc) is 1.81. The van der Waals surface area contributed by atoms with Gasteiger partial charge in [-0.1, -0.05) is 0 Å². The van der Waals surface area contributed by atoms with E-state index in [0.717, 1.165) is 0 Å². The predicted octanol–water partition coefficient (Wildman–Crippen LogP) is 0.0107. The molecule has 0 bridgehead atoms. The molecule has 0 aromatic carbocycles. The van der Waals surface area contributed by atoms with E-state index >= 15 is 0 Å². The summed E-state index contributed by atoms with van der Waals surface area (Å²) in [6.45, 7) is 0. The highest BCUT2D eigenvalue weighted by molar-refractivity contribution is 14.1. The smallest absolute Gasteiger partial charge is 0.321 e. The average molecular weight is 257 g/mol. The van der Waals surface area contributed by atoms with Crippen LogP contribution in [0.25, 0.3) is 0 Å². The first-order valence-electron chi connectivity index (χ1n) is 2.66. The van der Waals surface area contributed by atoms with E-state index in [1.165, 1.54) is 7.05 Å². The maximum atomic E-state index is 10.4. The van der Waals surface area contributed by atoms with Crippen LogP contribution in [0.1, 0.15) is 6.42 Å². The first-order valence-corrected chi connectivity index (χ1v) is 3.74. The van der Waals surface area contributed by atoms with E-state index in [0.29, 0.717) is 0 Å². The summed E-state index contributed by atoms with van der Waals surface area (Å²) < 4.78 is -0.153. The summed E-state index contributed by atoms with van der Waals surface area (Å²) in [6, 6.07) is -0.746. The number of rotatable bonds is 4. The maximum absolute atomic E-state index is 10.4. The van der Waals surface area contributed by atoms with Crippen LogP contribution < -0.4 is 5.32 Å². The molecule has 0 aliphatic rings. The zero-order valence-electron chi connectivity index (χ0n) is 5.43. The molecule has 10 heavy (non-hydrogen) atoms. The molecule has 0 spiro atoms. The molecular weight excluding hydrogens is 249 g/mol. The van der Waals surface area contributed by atoms with Crippen LogP contribution in [0, 0.1) is 0 Å². The second-order valence-electron chi connectivity index (χ2n) is 1.74. The third kappa shape index (κ3) is 3.78. The topological polar surface area (TPSA) is 66.4 Å². The van der Waals surface area contributed by atoms with Gasteiger partial charge >= 0.3 is 5.97 Å². The number of halogens is 1. The zero-order valence-corrected chi connectivity index (χ0v) is 7.58. The van der Waals surface area contributed by atoms with Crippen LogP contribution in [0.4, 0.5) is 0 Å². The summed E-state index contributed by atoms with van der Waals surface area (Å²) in [7, 11) is 1.51. The molecule has 58 valence electrons. The molecule has 0 aliphatic carbocycles. The standard InChI is InChI=1S/C5H8INO3/c1-7-3(5(9)10)2-4(6)8/h3,7H,2H2,1H3,(H,9,10). The SMILES string of the molecule is CNC(CC(=O)I)C(=O)O. The van der Waals surface area contributed by atoms with E-state index in [9.17, 15) is 9.59 Å². The van der Waals surface area contributed by atoms with Crippen LogP contribution in [0.3, 0.4) is 0 Å². The van der Waals surface area contributed by atoms with Gasteiger partial charge in [0.1, 0.15) is 6.04 Å². The molecule has 0 fully saturated rings. The molecule has 0 saturated carbocycles. The summed E-state index contributed by atoms with van der Waals surface area (Å²) in [5.41, 5.74) is 0. The van der Waals surface area contributed by atoms with Crippen LogP contribution in [0.5, 0.6) is 0 Å². The molecule has 2 N–H and O–H groups in total. The number of likely N-dealkylation sites (N-methyl/N-ethyl adjacent to an activating group) is 1. The zero-order chi connectivity index (χ0) is 8.15. The number of carbonyl (C=O) groups is 2. The van der Waals surface area contributed by atoms with Gasteiger partial charge in [0.2, 0.25) is 0 Å². The quantitative estimate of drug-likeness (QED) is 0.550. The van der Waals surface area contributed by atoms with Gasteiger partial charge in [-0.15, -0.1) is 0 Å². The van der Waals surface area contributed by atoms with Crippen molar-refractivity contribution in [2.45, 2.75) is 12.5 Å². The normalized spacial score (nSPS) is 12.6. The molecule has 0 radical (unpaired) electrons. The molecule has 5 heteroatoms. The second-order valence-corrected chi connectivity index (χ2v) is 2.94. The Morgan fingerprint density at radius 3 is 2.30 bits per heavy atom. The van der Waals surface area contributed by atoms with E-state index < -0.39 is 12.0 Å². The molecule has 4 nitrogen and oxygen atoms in total. The Hall–Kier alpha value is -0.170. The Kier molecular flexibility index (Phi) is 4.54. The molecular formula is C5H8INO3. The van der Waals surface area contributed by atoms with Gasteiger partial charge in [0.15, 0.2) is 3.79 Å². The second kappa shape index (κ2) is 4.62. The molecule has 0 aliphatic heterocycles. The Labute approximate surface area is 72.1 Å². The Balaban J connectivity index is 3.83. The van der Waals surface area contributed by atoms with Crippen molar-refractivity contribution >= 4 is 32.4 Å². The van der Waals surface area contributed by atoms with Crippen LogP contribution in [-0.4, -0.2) is 28.0 Å². The van der Waals surface area contributed by atoms with E-state index in [-0.39, 0.29) is 10.2 Å². The minimum atomic E-state index is -0.993. The predicted molar refractivity (Wildman–Crippen MR) is 44.1 cm³/mol. The summed E-state index contributed by atoms with van der Waals surface area (Å²) in [5.74, 6) is -0.993. The van der Waals surface area contributed by atoms with Crippen LogP contribution in [0.2, 0.25) is 0 Å². The van der Waals surface area contributed by atoms with Gasteiger partial charge in [-0.2, -0.15) is 0 Å². The Morgan fingerprint density at radius 2 is 2.20 bits per heavy atom. The minimum absolute atomic E-state index is 0.0341. The molecule has 0 amide bonds. The van der Waals surface area contributed by atoms with Gasteiger partial charge in [0.25, 0.3) is 0 Å². The number of hydrogen-bond donors (Lipinski definition) is 2. The lowest BCUT2D eigenvalue weighted by atomic mass is 10.2. The molecule has 1 atom stereocenters. The van der Waals surface area contributed by atoms with Gasteiger partial charge in [-0.3, -0.25) is 9.59 Å². The van der Waals surface area contributed by atoms with Gasteiger partial charge < -0.3 is 10.4 Å². The van der Waals surface area contributed by atoms with Gasteiger partial charge in [-0.25, -0.2) is 0 Å². The van der Waals surface area contributed by atoms with E-state index in [1.54, 1.807) is 22.6 Å². The lowest BCUT2D eigenvalue weighted by Crippen LogP contribution is -2.34. The fourth-order valence-corrected chi connectivity index (χ4v) is 0.914. The number of aliphatic carboxylic acids is 1. The van der Waals surface area contributed by atoms with Crippen LogP contribution in [0.15, 0.2) is 0 Å². The number of hydrogen-bond acceptors (Lipinski definition) is 3. The van der Waals surface area contributed by atoms with Crippen molar-refractivity contribution in [2.75, 3.05) is 7.05 Å². The highest BCUT2D eigenvalue weighted by Crippen LogP contribution is 1.98. The molecule has 0 heterocycles. The van der Waals surface area contributed by atoms with Crippen molar-refractivity contribution in [1.29, 1.82) is 0 Å². The van der Waals surface area contributed by atoms with Gasteiger partial charge in [0, 0.05) is 6.42 Å². The summed E-state index contributed by atoms with van der Waals surface area (Å²) in [6.07, 6.45) is 0.0341. The monoisotopic (exact) mass is 257 g/mol. The fourth-order valence-electron chi connectivity index (χ4n) is 0.473. The summed E-state index contributed by atoms with van der Waals surface area (Å²) in [4.78, 5) is 20.6. The van der Waals surface area contributed by atoms with Crippen LogP contribution >= 0.6 is 22.6 Å². The van der Waals surface area contributed by atoms with E-state index in [2.05, 4.69) is 5.32 Å². The fraction of sp³-hybridized carbons (Fsp3) is 0.600. The van der Waals surface area contributed by atoms with Crippen molar-refractivity contribution in [2.24, 2.45) is 0 Å². The number of carbonyl (C=O) groups excluding carboxylic acids is 1. The number of carboxylic acid groups (broad SMARTS) is 1. The van der Waals surface area contributed by atoms with Crippen molar-refractivity contribution in [3.63, 3.8) is 0 Å². The van der Waals surface area contributed by atoms with Crippen LogP contribution in [-0.2, 0) is 9.59 Å². The lowest BCUT2D eigenvalue weighted by molar-refractivity contribution is -0.140. The Morgan fingerprint density at radius 1 is 1.70 bits per heavy atom.